The maximum absolute atomic E-state index is 13.6. The number of aromatic hydroxyl groups is 1. The van der Waals surface area contributed by atoms with Crippen molar-refractivity contribution in [3.05, 3.63) is 87.1 Å². The fourth-order valence-electron chi connectivity index (χ4n) is 5.11. The molecule has 9 nitrogen and oxygen atoms in total. The summed E-state index contributed by atoms with van der Waals surface area (Å²) in [7, 11) is 0. The van der Waals surface area contributed by atoms with Crippen LogP contribution in [0.4, 0.5) is 4.39 Å². The summed E-state index contributed by atoms with van der Waals surface area (Å²) in [4.78, 5) is 47.9. The zero-order valence-electron chi connectivity index (χ0n) is 19.8. The lowest BCUT2D eigenvalue weighted by atomic mass is 9.77. The van der Waals surface area contributed by atoms with Gasteiger partial charge in [-0.05, 0) is 67.9 Å². The van der Waals surface area contributed by atoms with E-state index >= 15 is 0 Å². The number of aryl methyl sites for hydroxylation is 1. The second-order valence-corrected chi connectivity index (χ2v) is 9.51. The van der Waals surface area contributed by atoms with Gasteiger partial charge in [-0.1, -0.05) is 18.2 Å². The number of nitrogens with one attached hydrogen (secondary N) is 2. The number of hydrogen-bond donors (Lipinski definition) is 3. The molecule has 36 heavy (non-hydrogen) atoms. The second kappa shape index (κ2) is 9.18. The number of fused-ring (bicyclic) bond motifs is 2. The molecule has 2 bridgehead atoms. The predicted molar refractivity (Wildman–Crippen MR) is 128 cm³/mol. The summed E-state index contributed by atoms with van der Waals surface area (Å²) < 4.78 is 14.9. The lowest BCUT2D eigenvalue weighted by Gasteiger charge is -2.37. The molecule has 186 valence electrons. The highest BCUT2D eigenvalue weighted by atomic mass is 19.1. The summed E-state index contributed by atoms with van der Waals surface area (Å²) in [6.45, 7) is 2.03. The topological polar surface area (TPSA) is 126 Å². The van der Waals surface area contributed by atoms with E-state index in [-0.39, 0.29) is 29.8 Å². The SMILES string of the molecule is Cc1cc(CNC(=O)c2nc3n(c(=O)c2O)CC2CCC3(NC(=O)c3ccccn3)CC2)ccc1F. The van der Waals surface area contributed by atoms with Crippen molar-refractivity contribution in [1.29, 1.82) is 0 Å². The molecule has 2 aromatic heterocycles. The van der Waals surface area contributed by atoms with Crippen molar-refractivity contribution in [3.63, 3.8) is 0 Å². The summed E-state index contributed by atoms with van der Waals surface area (Å²) in [6, 6.07) is 9.48. The fourth-order valence-corrected chi connectivity index (χ4v) is 5.11. The van der Waals surface area contributed by atoms with Crippen LogP contribution in [0.15, 0.2) is 47.4 Å². The van der Waals surface area contributed by atoms with Crippen molar-refractivity contribution in [2.24, 2.45) is 5.92 Å². The Labute approximate surface area is 206 Å². The molecule has 10 heteroatoms. The number of halogens is 1. The van der Waals surface area contributed by atoms with E-state index in [0.29, 0.717) is 30.5 Å². The molecule has 3 aromatic rings. The van der Waals surface area contributed by atoms with Gasteiger partial charge in [0.2, 0.25) is 5.75 Å². The molecule has 3 aliphatic rings. The first kappa shape index (κ1) is 23.7. The van der Waals surface area contributed by atoms with Crippen molar-refractivity contribution >= 4 is 11.8 Å². The highest BCUT2D eigenvalue weighted by Gasteiger charge is 2.46. The van der Waals surface area contributed by atoms with Crippen LogP contribution in [0.2, 0.25) is 0 Å². The summed E-state index contributed by atoms with van der Waals surface area (Å²) in [5, 5.41) is 16.3. The average Bonchev–Trinajstić information content (AvgIpc) is 3.13. The molecule has 0 spiro atoms. The van der Waals surface area contributed by atoms with E-state index in [0.717, 1.165) is 12.8 Å². The summed E-state index contributed by atoms with van der Waals surface area (Å²) >= 11 is 0. The molecule has 1 saturated carbocycles. The molecule has 0 radical (unpaired) electrons. The number of nitrogens with zero attached hydrogens (tertiary/aromatic N) is 3. The zero-order chi connectivity index (χ0) is 25.4. The standard InChI is InChI=1S/C26H26FN5O4/c1-15-12-17(5-6-18(15)27)13-29-23(35)20-21(33)24(36)32-14-16-7-9-26(10-8-16,25(32)30-20)31-22(34)19-4-2-3-11-28-19/h2-6,11-12,16,33H,7-10,13-14H2,1H3,(H,29,35)(H,31,34). The minimum absolute atomic E-state index is 0.0587. The molecular weight excluding hydrogens is 465 g/mol. The fraction of sp³-hybridized carbons (Fsp3) is 0.346. The summed E-state index contributed by atoms with van der Waals surface area (Å²) in [5.41, 5.74) is -0.760. The maximum atomic E-state index is 13.6. The van der Waals surface area contributed by atoms with Crippen LogP contribution in [0.5, 0.6) is 5.75 Å². The predicted octanol–water partition coefficient (Wildman–Crippen LogP) is 2.55. The zero-order valence-corrected chi connectivity index (χ0v) is 19.8. The van der Waals surface area contributed by atoms with E-state index in [1.165, 1.54) is 16.8 Å². The van der Waals surface area contributed by atoms with E-state index in [2.05, 4.69) is 20.6 Å². The van der Waals surface area contributed by atoms with Gasteiger partial charge < -0.3 is 15.7 Å². The van der Waals surface area contributed by atoms with Gasteiger partial charge in [0, 0.05) is 19.3 Å². The molecule has 4 heterocycles. The van der Waals surface area contributed by atoms with Gasteiger partial charge in [-0.15, -0.1) is 0 Å². The van der Waals surface area contributed by atoms with Crippen LogP contribution in [-0.4, -0.2) is 31.5 Å². The third-order valence-corrected chi connectivity index (χ3v) is 7.11. The van der Waals surface area contributed by atoms with Gasteiger partial charge in [0.25, 0.3) is 17.4 Å². The van der Waals surface area contributed by atoms with Crippen LogP contribution in [0.25, 0.3) is 0 Å². The van der Waals surface area contributed by atoms with Crippen LogP contribution >= 0.6 is 0 Å². The Bertz CT molecular complexity index is 1400. The van der Waals surface area contributed by atoms with Gasteiger partial charge >= 0.3 is 0 Å². The van der Waals surface area contributed by atoms with Crippen molar-refractivity contribution < 1.29 is 19.1 Å². The van der Waals surface area contributed by atoms with Gasteiger partial charge in [-0.25, -0.2) is 9.37 Å². The van der Waals surface area contributed by atoms with Gasteiger partial charge in [-0.2, -0.15) is 0 Å². The van der Waals surface area contributed by atoms with Crippen LogP contribution in [0.1, 0.15) is 63.6 Å². The Balaban J connectivity index is 1.49. The first-order chi connectivity index (χ1) is 17.3. The number of hydrogen-bond acceptors (Lipinski definition) is 6. The van der Waals surface area contributed by atoms with Crippen molar-refractivity contribution in [3.8, 4) is 5.75 Å². The summed E-state index contributed by atoms with van der Waals surface area (Å²) in [5.74, 6) is -1.76. The van der Waals surface area contributed by atoms with E-state index < -0.39 is 34.4 Å². The molecule has 0 saturated heterocycles. The maximum Gasteiger partial charge on any atom is 0.296 e. The highest BCUT2D eigenvalue weighted by Crippen LogP contribution is 2.43. The van der Waals surface area contributed by atoms with Gasteiger partial charge in [-0.3, -0.25) is 23.9 Å². The number of rotatable bonds is 5. The normalized spacial score (nSPS) is 20.3. The Morgan fingerprint density at radius 2 is 1.97 bits per heavy atom. The van der Waals surface area contributed by atoms with E-state index in [1.54, 1.807) is 37.3 Å². The molecule has 2 amide bonds. The van der Waals surface area contributed by atoms with E-state index in [4.69, 9.17) is 0 Å². The minimum Gasteiger partial charge on any atom is -0.501 e. The molecule has 0 unspecified atom stereocenters. The number of carbonyl (C=O) groups excluding carboxylic acids is 2. The molecule has 6 rings (SSSR count). The molecule has 1 aromatic carbocycles. The van der Waals surface area contributed by atoms with Crippen molar-refractivity contribution in [2.45, 2.75) is 51.2 Å². The average molecular weight is 492 g/mol. The van der Waals surface area contributed by atoms with Crippen molar-refractivity contribution in [2.75, 3.05) is 0 Å². The Morgan fingerprint density at radius 3 is 2.67 bits per heavy atom. The smallest absolute Gasteiger partial charge is 0.296 e. The molecule has 3 N–H and O–H groups in total. The quantitative estimate of drug-likeness (QED) is 0.504. The van der Waals surface area contributed by atoms with Gasteiger partial charge in [0.05, 0.1) is 5.54 Å². The van der Waals surface area contributed by atoms with Crippen LogP contribution in [-0.2, 0) is 18.6 Å². The Kier molecular flexibility index (Phi) is 6.03. The molecule has 0 atom stereocenters. The number of benzene rings is 1. The lowest BCUT2D eigenvalue weighted by molar-refractivity contribution is 0.0845. The number of aromatic nitrogens is 3. The van der Waals surface area contributed by atoms with Crippen LogP contribution < -0.4 is 16.2 Å². The molecular formula is C26H26FN5O4. The first-order valence-corrected chi connectivity index (χ1v) is 11.9. The third-order valence-electron chi connectivity index (χ3n) is 7.11. The Morgan fingerprint density at radius 1 is 1.19 bits per heavy atom. The number of carbonyl (C=O) groups is 2. The minimum atomic E-state index is -0.975. The first-order valence-electron chi connectivity index (χ1n) is 11.9. The molecule has 2 aliphatic heterocycles. The van der Waals surface area contributed by atoms with E-state index in [9.17, 15) is 23.9 Å². The summed E-state index contributed by atoms with van der Waals surface area (Å²) in [6.07, 6.45) is 4.14. The van der Waals surface area contributed by atoms with Gasteiger partial charge in [0.15, 0.2) is 5.69 Å². The largest absolute Gasteiger partial charge is 0.501 e. The monoisotopic (exact) mass is 491 g/mol. The second-order valence-electron chi connectivity index (χ2n) is 9.51. The lowest BCUT2D eigenvalue weighted by Crippen LogP contribution is -2.50. The van der Waals surface area contributed by atoms with Crippen LogP contribution in [0.3, 0.4) is 0 Å². The third kappa shape index (κ3) is 4.23. The van der Waals surface area contributed by atoms with E-state index in [1.807, 2.05) is 0 Å². The Hall–Kier alpha value is -4.08. The number of amides is 2. The van der Waals surface area contributed by atoms with Crippen molar-refractivity contribution in [1.82, 2.24) is 25.2 Å². The number of pyridine rings is 1. The molecule has 1 fully saturated rings. The van der Waals surface area contributed by atoms with Gasteiger partial charge in [0.1, 0.15) is 17.3 Å². The van der Waals surface area contributed by atoms with Crippen LogP contribution in [0, 0.1) is 18.7 Å². The molecule has 1 aliphatic carbocycles. The highest BCUT2D eigenvalue weighted by molar-refractivity contribution is 5.95.